The molecule has 2 aliphatic heterocycles. The van der Waals surface area contributed by atoms with Gasteiger partial charge >= 0.3 is 11.9 Å². The van der Waals surface area contributed by atoms with Crippen molar-refractivity contribution in [2.24, 2.45) is 0 Å². The van der Waals surface area contributed by atoms with Crippen LogP contribution in [0.25, 0.3) is 0 Å². The minimum absolute atomic E-state index is 0.102. The summed E-state index contributed by atoms with van der Waals surface area (Å²) in [5.41, 5.74) is -0.159. The average molecular weight is 373 g/mol. The van der Waals surface area contributed by atoms with Gasteiger partial charge in [0.05, 0.1) is 25.4 Å². The van der Waals surface area contributed by atoms with Crippen molar-refractivity contribution in [3.63, 3.8) is 0 Å². The van der Waals surface area contributed by atoms with E-state index in [1.54, 1.807) is 0 Å². The molecule has 2 heterocycles. The van der Waals surface area contributed by atoms with E-state index in [9.17, 15) is 22.4 Å². The Morgan fingerprint density at radius 3 is 2.60 bits per heavy atom. The van der Waals surface area contributed by atoms with Gasteiger partial charge in [0.25, 0.3) is 0 Å². The maximum absolute atomic E-state index is 14.1. The van der Waals surface area contributed by atoms with Crippen LogP contribution in [0.3, 0.4) is 0 Å². The Labute approximate surface area is 143 Å². The number of rotatable bonds is 4. The van der Waals surface area contributed by atoms with E-state index in [2.05, 4.69) is 4.74 Å². The van der Waals surface area contributed by atoms with Crippen LogP contribution in [-0.4, -0.2) is 63.7 Å². The number of hydrogen-bond donors (Lipinski definition) is 0. The second-order valence-corrected chi connectivity index (χ2v) is 7.42. The summed E-state index contributed by atoms with van der Waals surface area (Å²) in [5.74, 6) is -2.54. The van der Waals surface area contributed by atoms with Crippen LogP contribution in [0.15, 0.2) is 23.1 Å². The number of morpholine rings is 1. The summed E-state index contributed by atoms with van der Waals surface area (Å²) in [6, 6.07) is 2.91. The van der Waals surface area contributed by atoms with Crippen molar-refractivity contribution in [1.82, 2.24) is 4.31 Å². The molecule has 25 heavy (non-hydrogen) atoms. The summed E-state index contributed by atoms with van der Waals surface area (Å²) in [4.78, 5) is 22.9. The maximum atomic E-state index is 14.1. The van der Waals surface area contributed by atoms with E-state index in [0.717, 1.165) is 22.5 Å². The molecule has 2 saturated heterocycles. The van der Waals surface area contributed by atoms with E-state index < -0.39 is 38.8 Å². The summed E-state index contributed by atoms with van der Waals surface area (Å²) < 4.78 is 55.1. The molecule has 0 bridgehead atoms. The first kappa shape index (κ1) is 17.8. The molecule has 8 nitrogen and oxygen atoms in total. The van der Waals surface area contributed by atoms with Crippen molar-refractivity contribution in [3.05, 3.63) is 29.6 Å². The summed E-state index contributed by atoms with van der Waals surface area (Å²) >= 11 is 0. The van der Waals surface area contributed by atoms with E-state index in [1.807, 2.05) is 0 Å². The molecule has 2 aliphatic rings. The molecule has 0 aliphatic carbocycles. The number of benzene rings is 1. The molecule has 0 aromatic heterocycles. The van der Waals surface area contributed by atoms with Crippen molar-refractivity contribution in [2.45, 2.75) is 17.4 Å². The Morgan fingerprint density at radius 1 is 1.24 bits per heavy atom. The van der Waals surface area contributed by atoms with Crippen LogP contribution in [0.4, 0.5) is 4.39 Å². The first-order valence-corrected chi connectivity index (χ1v) is 9.08. The number of esters is 2. The number of sulfonamides is 1. The Bertz CT molecular complexity index is 789. The third-order valence-electron chi connectivity index (χ3n) is 3.89. The van der Waals surface area contributed by atoms with E-state index in [4.69, 9.17) is 9.47 Å². The van der Waals surface area contributed by atoms with Gasteiger partial charge in [-0.3, -0.25) is 0 Å². The molecule has 0 saturated carbocycles. The maximum Gasteiger partial charge on any atom is 0.347 e. The van der Waals surface area contributed by atoms with Crippen LogP contribution in [0.2, 0.25) is 0 Å². The highest BCUT2D eigenvalue weighted by atomic mass is 32.2. The largest absolute Gasteiger partial charge is 0.463 e. The Morgan fingerprint density at radius 2 is 1.96 bits per heavy atom. The van der Waals surface area contributed by atoms with E-state index in [-0.39, 0.29) is 44.9 Å². The van der Waals surface area contributed by atoms with Gasteiger partial charge in [0, 0.05) is 19.5 Å². The van der Waals surface area contributed by atoms with E-state index >= 15 is 0 Å². The first-order chi connectivity index (χ1) is 11.9. The average Bonchev–Trinajstić information content (AvgIpc) is 3.00. The zero-order chi connectivity index (χ0) is 18.0. The molecule has 2 fully saturated rings. The lowest BCUT2D eigenvalue weighted by molar-refractivity contribution is -0.145. The highest BCUT2D eigenvalue weighted by Crippen LogP contribution is 2.23. The van der Waals surface area contributed by atoms with Crippen molar-refractivity contribution in [1.29, 1.82) is 0 Å². The summed E-state index contributed by atoms with van der Waals surface area (Å²) in [6.07, 6.45) is -0.804. The van der Waals surface area contributed by atoms with Gasteiger partial charge in [-0.25, -0.2) is 22.4 Å². The quantitative estimate of drug-likeness (QED) is 0.701. The van der Waals surface area contributed by atoms with Gasteiger partial charge in [0.2, 0.25) is 16.1 Å². The molecule has 1 unspecified atom stereocenters. The van der Waals surface area contributed by atoms with Crippen LogP contribution >= 0.6 is 0 Å². The monoisotopic (exact) mass is 373 g/mol. The molecule has 0 radical (unpaired) electrons. The lowest BCUT2D eigenvalue weighted by Gasteiger charge is -2.26. The topological polar surface area (TPSA) is 99.2 Å². The van der Waals surface area contributed by atoms with Gasteiger partial charge in [0.15, 0.2) is 0 Å². The molecule has 0 spiro atoms. The van der Waals surface area contributed by atoms with Gasteiger partial charge in [-0.1, -0.05) is 0 Å². The van der Waals surface area contributed by atoms with Crippen LogP contribution in [0, 0.1) is 5.82 Å². The highest BCUT2D eigenvalue weighted by molar-refractivity contribution is 7.89. The van der Waals surface area contributed by atoms with Gasteiger partial charge in [-0.15, -0.1) is 0 Å². The summed E-state index contributed by atoms with van der Waals surface area (Å²) in [5, 5.41) is 0. The molecule has 1 aromatic rings. The van der Waals surface area contributed by atoms with E-state index in [1.165, 1.54) is 0 Å². The van der Waals surface area contributed by atoms with Crippen molar-refractivity contribution in [3.8, 4) is 0 Å². The predicted molar refractivity (Wildman–Crippen MR) is 80.8 cm³/mol. The van der Waals surface area contributed by atoms with Crippen molar-refractivity contribution < 1.29 is 36.6 Å². The Hall–Kier alpha value is -2.04. The lowest BCUT2D eigenvalue weighted by atomic mass is 10.2. The smallest absolute Gasteiger partial charge is 0.347 e. The fourth-order valence-corrected chi connectivity index (χ4v) is 4.03. The molecular formula is C15H16FNO7S. The third-order valence-corrected chi connectivity index (χ3v) is 5.80. The predicted octanol–water partition coefficient (Wildman–Crippen LogP) is 0.319. The van der Waals surface area contributed by atoms with Crippen LogP contribution in [-0.2, 0) is 29.0 Å². The number of carbonyl (C=O) groups is 2. The molecular weight excluding hydrogens is 357 g/mol. The highest BCUT2D eigenvalue weighted by Gasteiger charge is 2.32. The number of cyclic esters (lactones) is 1. The molecule has 0 N–H and O–H groups in total. The zero-order valence-corrected chi connectivity index (χ0v) is 14.0. The minimum atomic E-state index is -4.11. The van der Waals surface area contributed by atoms with Gasteiger partial charge in [-0.2, -0.15) is 4.31 Å². The van der Waals surface area contributed by atoms with Crippen LogP contribution in [0.1, 0.15) is 16.8 Å². The number of halogens is 1. The molecule has 0 amide bonds. The normalized spacial score (nSPS) is 21.8. The number of nitrogens with zero attached hydrogens (tertiary/aromatic N) is 1. The fraction of sp³-hybridized carbons (Fsp3) is 0.467. The standard InChI is InChI=1S/C15H16FNO7S/c16-11-2-1-10(14(18)24-12-3-6-23-15(12)19)9-13(11)25(20,21)17-4-7-22-8-5-17/h1-2,9,12H,3-8H2. The van der Waals surface area contributed by atoms with Gasteiger partial charge < -0.3 is 14.2 Å². The van der Waals surface area contributed by atoms with E-state index in [0.29, 0.717) is 0 Å². The fourth-order valence-electron chi connectivity index (χ4n) is 2.54. The molecule has 136 valence electrons. The minimum Gasteiger partial charge on any atom is -0.463 e. The first-order valence-electron chi connectivity index (χ1n) is 7.64. The summed E-state index contributed by atoms with van der Waals surface area (Å²) in [6.45, 7) is 0.782. The number of ether oxygens (including phenoxy) is 3. The number of carbonyl (C=O) groups excluding carboxylic acids is 2. The van der Waals surface area contributed by atoms with Crippen LogP contribution in [0.5, 0.6) is 0 Å². The second kappa shape index (κ2) is 7.06. The zero-order valence-electron chi connectivity index (χ0n) is 13.1. The molecule has 1 aromatic carbocycles. The molecule has 1 atom stereocenters. The van der Waals surface area contributed by atoms with Gasteiger partial charge in [-0.05, 0) is 18.2 Å². The van der Waals surface area contributed by atoms with Gasteiger partial charge in [0.1, 0.15) is 10.7 Å². The van der Waals surface area contributed by atoms with Crippen molar-refractivity contribution >= 4 is 22.0 Å². The SMILES string of the molecule is O=C(OC1CCOC1=O)c1ccc(F)c(S(=O)(=O)N2CCOCC2)c1. The molecule has 10 heteroatoms. The lowest BCUT2D eigenvalue weighted by Crippen LogP contribution is -2.41. The molecule has 3 rings (SSSR count). The number of hydrogen-bond acceptors (Lipinski definition) is 7. The second-order valence-electron chi connectivity index (χ2n) is 5.51. The summed E-state index contributed by atoms with van der Waals surface area (Å²) in [7, 11) is -4.11. The Kier molecular flexibility index (Phi) is 5.02. The third kappa shape index (κ3) is 3.65. The van der Waals surface area contributed by atoms with Crippen molar-refractivity contribution in [2.75, 3.05) is 32.9 Å². The Balaban J connectivity index is 1.84. The van der Waals surface area contributed by atoms with Crippen LogP contribution < -0.4 is 0 Å².